The third-order valence-corrected chi connectivity index (χ3v) is 5.48. The second-order valence-electron chi connectivity index (χ2n) is 4.92. The first-order valence-corrected chi connectivity index (χ1v) is 8.85. The fourth-order valence-electron chi connectivity index (χ4n) is 2.25. The number of benzene rings is 1. The van der Waals surface area contributed by atoms with E-state index in [4.69, 9.17) is 0 Å². The molecule has 0 aliphatic carbocycles. The highest BCUT2D eigenvalue weighted by molar-refractivity contribution is 7.91. The Morgan fingerprint density at radius 3 is 2.30 bits per heavy atom. The van der Waals surface area contributed by atoms with Gasteiger partial charge in [-0.3, -0.25) is 0 Å². The van der Waals surface area contributed by atoms with Gasteiger partial charge in [0.1, 0.15) is 0 Å². The molecule has 4 nitrogen and oxygen atoms in total. The molecule has 1 unspecified atom stereocenters. The van der Waals surface area contributed by atoms with Crippen LogP contribution >= 0.6 is 0 Å². The van der Waals surface area contributed by atoms with Crippen molar-refractivity contribution in [1.29, 1.82) is 0 Å². The van der Waals surface area contributed by atoms with Crippen LogP contribution in [0.15, 0.2) is 29.2 Å². The number of rotatable bonds is 8. The van der Waals surface area contributed by atoms with Crippen LogP contribution in [-0.4, -0.2) is 31.9 Å². The summed E-state index contributed by atoms with van der Waals surface area (Å²) in [6, 6.07) is 6.85. The number of anilines is 1. The largest absolute Gasteiger partial charge is 0.391 e. The number of para-hydroxylation sites is 1. The summed E-state index contributed by atoms with van der Waals surface area (Å²) < 4.78 is 24.0. The molecule has 20 heavy (non-hydrogen) atoms. The van der Waals surface area contributed by atoms with Crippen molar-refractivity contribution in [3.05, 3.63) is 24.3 Å². The van der Waals surface area contributed by atoms with E-state index in [0.29, 0.717) is 17.1 Å². The van der Waals surface area contributed by atoms with E-state index in [2.05, 4.69) is 5.32 Å². The van der Waals surface area contributed by atoms with Crippen LogP contribution in [0, 0.1) is 5.92 Å². The second kappa shape index (κ2) is 7.64. The molecule has 1 aromatic rings. The minimum Gasteiger partial charge on any atom is -0.391 e. The fraction of sp³-hybridized carbons (Fsp3) is 0.600. The number of aliphatic hydroxyl groups is 1. The lowest BCUT2D eigenvalue weighted by Gasteiger charge is -2.21. The lowest BCUT2D eigenvalue weighted by atomic mass is 9.96. The molecule has 0 heterocycles. The first-order chi connectivity index (χ1) is 9.46. The summed E-state index contributed by atoms with van der Waals surface area (Å²) in [5.41, 5.74) is 0.569. The van der Waals surface area contributed by atoms with Gasteiger partial charge in [0.15, 0.2) is 9.84 Å². The van der Waals surface area contributed by atoms with Gasteiger partial charge in [-0.15, -0.1) is 0 Å². The third kappa shape index (κ3) is 4.21. The normalized spacial score (nSPS) is 13.4. The molecule has 0 aromatic heterocycles. The third-order valence-electron chi connectivity index (χ3n) is 3.70. The first kappa shape index (κ1) is 17.0. The molecule has 0 saturated carbocycles. The summed E-state index contributed by atoms with van der Waals surface area (Å²) >= 11 is 0. The zero-order chi connectivity index (χ0) is 15.2. The zero-order valence-electron chi connectivity index (χ0n) is 12.5. The summed E-state index contributed by atoms with van der Waals surface area (Å²) in [7, 11) is -3.25. The average Bonchev–Trinajstić information content (AvgIpc) is 2.46. The zero-order valence-corrected chi connectivity index (χ0v) is 13.3. The Morgan fingerprint density at radius 2 is 1.75 bits per heavy atom. The van der Waals surface area contributed by atoms with Gasteiger partial charge in [-0.1, -0.05) is 45.7 Å². The SMILES string of the molecule is CCC(CC)C(O)CNc1ccccc1S(=O)(=O)CC. The van der Waals surface area contributed by atoms with Crippen molar-refractivity contribution in [2.75, 3.05) is 17.6 Å². The molecule has 0 radical (unpaired) electrons. The van der Waals surface area contributed by atoms with Gasteiger partial charge in [0.2, 0.25) is 0 Å². The molecule has 0 aliphatic rings. The summed E-state index contributed by atoms with van der Waals surface area (Å²) in [6.45, 7) is 6.09. The van der Waals surface area contributed by atoms with E-state index in [1.54, 1.807) is 31.2 Å². The average molecular weight is 299 g/mol. The van der Waals surface area contributed by atoms with Gasteiger partial charge in [-0.25, -0.2) is 8.42 Å². The van der Waals surface area contributed by atoms with Crippen molar-refractivity contribution in [3.63, 3.8) is 0 Å². The van der Waals surface area contributed by atoms with Gasteiger partial charge in [0, 0.05) is 6.54 Å². The van der Waals surface area contributed by atoms with Gasteiger partial charge >= 0.3 is 0 Å². The highest BCUT2D eigenvalue weighted by atomic mass is 32.2. The summed E-state index contributed by atoms with van der Waals surface area (Å²) in [6.07, 6.45) is 1.35. The molecule has 1 atom stereocenters. The summed E-state index contributed by atoms with van der Waals surface area (Å²) in [4.78, 5) is 0.305. The van der Waals surface area contributed by atoms with Crippen LogP contribution in [0.1, 0.15) is 33.6 Å². The van der Waals surface area contributed by atoms with E-state index >= 15 is 0 Å². The van der Waals surface area contributed by atoms with Crippen molar-refractivity contribution in [2.45, 2.75) is 44.6 Å². The first-order valence-electron chi connectivity index (χ1n) is 7.19. The van der Waals surface area contributed by atoms with Gasteiger partial charge in [-0.05, 0) is 18.1 Å². The molecule has 5 heteroatoms. The maximum absolute atomic E-state index is 12.0. The summed E-state index contributed by atoms with van der Waals surface area (Å²) in [5, 5.41) is 13.2. The molecule has 1 aromatic carbocycles. The topological polar surface area (TPSA) is 66.4 Å². The lowest BCUT2D eigenvalue weighted by molar-refractivity contribution is 0.114. The second-order valence-corrected chi connectivity index (χ2v) is 7.17. The minimum absolute atomic E-state index is 0.0702. The number of aliphatic hydroxyl groups excluding tert-OH is 1. The molecule has 0 bridgehead atoms. The van der Waals surface area contributed by atoms with Crippen LogP contribution in [0.3, 0.4) is 0 Å². The molecule has 1 rings (SSSR count). The quantitative estimate of drug-likeness (QED) is 0.774. The minimum atomic E-state index is -3.25. The molecule has 114 valence electrons. The fourth-order valence-corrected chi connectivity index (χ4v) is 3.33. The van der Waals surface area contributed by atoms with Gasteiger partial charge in [-0.2, -0.15) is 0 Å². The Hall–Kier alpha value is -1.07. The lowest BCUT2D eigenvalue weighted by Crippen LogP contribution is -2.28. The monoisotopic (exact) mass is 299 g/mol. The molecule has 0 aliphatic heterocycles. The maximum Gasteiger partial charge on any atom is 0.180 e. The van der Waals surface area contributed by atoms with E-state index in [0.717, 1.165) is 12.8 Å². The van der Waals surface area contributed by atoms with Crippen LogP contribution < -0.4 is 5.32 Å². The Balaban J connectivity index is 2.84. The molecule has 0 saturated heterocycles. The van der Waals surface area contributed by atoms with Crippen molar-refractivity contribution < 1.29 is 13.5 Å². The molecule has 0 fully saturated rings. The molecule has 2 N–H and O–H groups in total. The standard InChI is InChI=1S/C15H25NO3S/c1-4-12(5-2)14(17)11-16-13-9-7-8-10-15(13)20(18,19)6-3/h7-10,12,14,16-17H,4-6,11H2,1-3H3. The smallest absolute Gasteiger partial charge is 0.180 e. The van der Waals surface area contributed by atoms with Gasteiger partial charge < -0.3 is 10.4 Å². The number of hydrogen-bond donors (Lipinski definition) is 2. The van der Waals surface area contributed by atoms with Crippen molar-refractivity contribution in [3.8, 4) is 0 Å². The molecule has 0 spiro atoms. The highest BCUT2D eigenvalue weighted by Crippen LogP contribution is 2.22. The van der Waals surface area contributed by atoms with Crippen LogP contribution in [-0.2, 0) is 9.84 Å². The van der Waals surface area contributed by atoms with E-state index in [9.17, 15) is 13.5 Å². The van der Waals surface area contributed by atoms with E-state index in [-0.39, 0.29) is 11.7 Å². The Morgan fingerprint density at radius 1 is 1.15 bits per heavy atom. The predicted octanol–water partition coefficient (Wildman–Crippen LogP) is 2.69. The van der Waals surface area contributed by atoms with E-state index < -0.39 is 15.9 Å². The van der Waals surface area contributed by atoms with E-state index in [1.165, 1.54) is 0 Å². The Bertz CT molecular complexity index is 510. The maximum atomic E-state index is 12.0. The van der Waals surface area contributed by atoms with Gasteiger partial charge in [0.25, 0.3) is 0 Å². The van der Waals surface area contributed by atoms with Crippen LogP contribution in [0.5, 0.6) is 0 Å². The van der Waals surface area contributed by atoms with Crippen LogP contribution in [0.4, 0.5) is 5.69 Å². The van der Waals surface area contributed by atoms with Crippen LogP contribution in [0.25, 0.3) is 0 Å². The van der Waals surface area contributed by atoms with Crippen molar-refractivity contribution >= 4 is 15.5 Å². The Labute approximate surface area is 122 Å². The molecule has 0 amide bonds. The van der Waals surface area contributed by atoms with Crippen molar-refractivity contribution in [1.82, 2.24) is 0 Å². The predicted molar refractivity (Wildman–Crippen MR) is 82.7 cm³/mol. The summed E-state index contributed by atoms with van der Waals surface area (Å²) in [5.74, 6) is 0.304. The van der Waals surface area contributed by atoms with E-state index in [1.807, 2.05) is 13.8 Å². The molecular weight excluding hydrogens is 274 g/mol. The van der Waals surface area contributed by atoms with Crippen LogP contribution in [0.2, 0.25) is 0 Å². The van der Waals surface area contributed by atoms with Crippen molar-refractivity contribution in [2.24, 2.45) is 5.92 Å². The number of nitrogens with one attached hydrogen (secondary N) is 1. The molecular formula is C15H25NO3S. The highest BCUT2D eigenvalue weighted by Gasteiger charge is 2.18. The van der Waals surface area contributed by atoms with Gasteiger partial charge in [0.05, 0.1) is 22.4 Å². The Kier molecular flexibility index (Phi) is 6.49. The number of sulfone groups is 1. The number of hydrogen-bond acceptors (Lipinski definition) is 4.